The molecule has 0 atom stereocenters. The van der Waals surface area contributed by atoms with Crippen molar-refractivity contribution in [2.45, 2.75) is 59.6 Å². The van der Waals surface area contributed by atoms with Crippen LogP contribution in [0.5, 0.6) is 5.75 Å². The molecule has 41 heavy (non-hydrogen) atoms. The molecule has 0 aliphatic heterocycles. The van der Waals surface area contributed by atoms with Gasteiger partial charge in [-0.3, -0.25) is 10.1 Å². The van der Waals surface area contributed by atoms with E-state index in [4.69, 9.17) is 9.47 Å². The van der Waals surface area contributed by atoms with Crippen molar-refractivity contribution in [2.24, 2.45) is 0 Å². The van der Waals surface area contributed by atoms with Gasteiger partial charge in [-0.05, 0) is 81.8 Å². The summed E-state index contributed by atoms with van der Waals surface area (Å²) in [5.74, 6) is 0.322. The van der Waals surface area contributed by atoms with Crippen molar-refractivity contribution in [2.75, 3.05) is 12.2 Å². The Morgan fingerprint density at radius 1 is 0.927 bits per heavy atom. The van der Waals surface area contributed by atoms with E-state index in [1.165, 1.54) is 0 Å². The monoisotopic (exact) mass is 556 g/mol. The Morgan fingerprint density at radius 3 is 2.29 bits per heavy atom. The molecule has 1 N–H and O–H groups in total. The van der Waals surface area contributed by atoms with Gasteiger partial charge in [0.1, 0.15) is 11.4 Å². The largest absolute Gasteiger partial charge is 0.462 e. The Labute approximate surface area is 240 Å². The minimum absolute atomic E-state index is 0.177. The van der Waals surface area contributed by atoms with E-state index in [-0.39, 0.29) is 5.56 Å². The van der Waals surface area contributed by atoms with Crippen LogP contribution in [0.15, 0.2) is 83.7 Å². The molecule has 3 aromatic carbocycles. The van der Waals surface area contributed by atoms with Crippen LogP contribution in [0, 0.1) is 13.8 Å². The number of hydrogen-bond acceptors (Lipinski definition) is 4. The Bertz CT molecular complexity index is 1570. The predicted octanol–water partition coefficient (Wildman–Crippen LogP) is 7.62. The number of aryl methyl sites for hydroxylation is 1. The molecular formula is C34H37FN2O4. The average Bonchev–Trinajstić information content (AvgIpc) is 2.92. The zero-order chi connectivity index (χ0) is 29.6. The summed E-state index contributed by atoms with van der Waals surface area (Å²) in [6, 6.07) is 24.6. The van der Waals surface area contributed by atoms with Crippen molar-refractivity contribution in [1.29, 1.82) is 0 Å². The molecule has 0 fully saturated rings. The normalized spacial score (nSPS) is 11.3. The minimum Gasteiger partial charge on any atom is -0.462 e. The number of amides is 1. The van der Waals surface area contributed by atoms with Crippen molar-refractivity contribution >= 4 is 11.8 Å². The highest BCUT2D eigenvalue weighted by atomic mass is 19.1. The van der Waals surface area contributed by atoms with E-state index in [1.807, 2.05) is 83.1 Å². The zero-order valence-corrected chi connectivity index (χ0v) is 24.3. The van der Waals surface area contributed by atoms with Gasteiger partial charge in [0.2, 0.25) is 6.86 Å². The summed E-state index contributed by atoms with van der Waals surface area (Å²) in [6.07, 6.45) is 0.586. The van der Waals surface area contributed by atoms with E-state index in [9.17, 15) is 14.0 Å². The quantitative estimate of drug-likeness (QED) is 0.230. The average molecular weight is 557 g/mol. The van der Waals surface area contributed by atoms with Crippen LogP contribution >= 0.6 is 0 Å². The van der Waals surface area contributed by atoms with Crippen LogP contribution in [-0.2, 0) is 24.1 Å². The third-order valence-corrected chi connectivity index (χ3v) is 6.98. The Hall–Kier alpha value is -4.39. The standard InChI is InChI=1S/C34H37FN2O4/c1-23-28(21-25-13-7-6-8-14-25)24(2)37(32(38)31(23)27-16-10-12-18-30(27)40-22-35)20-19-26-15-9-11-17-29(26)36-33(39)41-34(3,4)5/h6-18H,19-22H2,1-5H3,(H,36,39). The van der Waals surface area contributed by atoms with E-state index in [1.54, 1.807) is 22.8 Å². The minimum atomic E-state index is -0.992. The summed E-state index contributed by atoms with van der Waals surface area (Å²) in [4.78, 5) is 26.6. The number of alkyl halides is 1. The second-order valence-electron chi connectivity index (χ2n) is 11.0. The van der Waals surface area contributed by atoms with Gasteiger partial charge in [0.05, 0.1) is 5.56 Å². The highest BCUT2D eigenvalue weighted by Crippen LogP contribution is 2.33. The van der Waals surface area contributed by atoms with Gasteiger partial charge in [0.25, 0.3) is 5.56 Å². The Balaban J connectivity index is 1.77. The van der Waals surface area contributed by atoms with E-state index < -0.39 is 18.6 Å². The summed E-state index contributed by atoms with van der Waals surface area (Å²) >= 11 is 0. The number of nitrogens with one attached hydrogen (secondary N) is 1. The lowest BCUT2D eigenvalue weighted by Crippen LogP contribution is -2.29. The Kier molecular flexibility index (Phi) is 9.28. The molecule has 214 valence electrons. The number of benzene rings is 3. The molecular weight excluding hydrogens is 519 g/mol. The SMILES string of the molecule is Cc1c(Cc2ccccc2)c(C)n(CCc2ccccc2NC(=O)OC(C)(C)C)c(=O)c1-c1ccccc1OCF. The van der Waals surface area contributed by atoms with Crippen LogP contribution in [0.4, 0.5) is 14.9 Å². The lowest BCUT2D eigenvalue weighted by Gasteiger charge is -2.22. The highest BCUT2D eigenvalue weighted by Gasteiger charge is 2.22. The number of aromatic nitrogens is 1. The molecule has 1 amide bonds. The molecule has 0 aliphatic carbocycles. The number of anilines is 1. The van der Waals surface area contributed by atoms with Crippen LogP contribution in [-0.4, -0.2) is 23.1 Å². The third-order valence-electron chi connectivity index (χ3n) is 6.98. The van der Waals surface area contributed by atoms with Gasteiger partial charge < -0.3 is 14.0 Å². The predicted molar refractivity (Wildman–Crippen MR) is 161 cm³/mol. The van der Waals surface area contributed by atoms with Gasteiger partial charge in [0.15, 0.2) is 0 Å². The maximum atomic E-state index is 14.1. The van der Waals surface area contributed by atoms with Gasteiger partial charge in [-0.2, -0.15) is 0 Å². The summed E-state index contributed by atoms with van der Waals surface area (Å²) < 4.78 is 25.8. The zero-order valence-electron chi connectivity index (χ0n) is 24.3. The molecule has 4 aromatic rings. The molecule has 1 heterocycles. The smallest absolute Gasteiger partial charge is 0.412 e. The Morgan fingerprint density at radius 2 is 1.59 bits per heavy atom. The van der Waals surface area contributed by atoms with E-state index >= 15 is 0 Å². The van der Waals surface area contributed by atoms with Gasteiger partial charge in [-0.25, -0.2) is 9.18 Å². The number of rotatable bonds is 9. The van der Waals surface area contributed by atoms with Crippen LogP contribution in [0.3, 0.4) is 0 Å². The van der Waals surface area contributed by atoms with Gasteiger partial charge >= 0.3 is 6.09 Å². The molecule has 7 heteroatoms. The van der Waals surface area contributed by atoms with Crippen LogP contribution in [0.1, 0.15) is 48.7 Å². The second kappa shape index (κ2) is 12.9. The number of nitrogens with zero attached hydrogens (tertiary/aromatic N) is 1. The van der Waals surface area contributed by atoms with Gasteiger partial charge in [0, 0.05) is 23.5 Å². The summed E-state index contributed by atoms with van der Waals surface area (Å²) in [5, 5.41) is 2.84. The number of para-hydroxylation sites is 2. The summed E-state index contributed by atoms with van der Waals surface area (Å²) in [7, 11) is 0. The van der Waals surface area contributed by atoms with E-state index in [0.717, 1.165) is 27.9 Å². The lowest BCUT2D eigenvalue weighted by atomic mass is 9.92. The number of ether oxygens (including phenoxy) is 2. The second-order valence-corrected chi connectivity index (χ2v) is 11.0. The maximum Gasteiger partial charge on any atom is 0.412 e. The van der Waals surface area contributed by atoms with Crippen molar-refractivity contribution in [1.82, 2.24) is 4.57 Å². The van der Waals surface area contributed by atoms with Crippen LogP contribution in [0.25, 0.3) is 11.1 Å². The fourth-order valence-corrected chi connectivity index (χ4v) is 5.04. The maximum absolute atomic E-state index is 14.1. The molecule has 1 aromatic heterocycles. The van der Waals surface area contributed by atoms with Crippen molar-refractivity contribution in [3.63, 3.8) is 0 Å². The van der Waals surface area contributed by atoms with Crippen molar-refractivity contribution in [3.05, 3.63) is 117 Å². The van der Waals surface area contributed by atoms with Crippen molar-refractivity contribution in [3.8, 4) is 16.9 Å². The van der Waals surface area contributed by atoms with E-state index in [2.05, 4.69) is 17.4 Å². The summed E-state index contributed by atoms with van der Waals surface area (Å²) in [6.45, 7) is 8.72. The molecule has 6 nitrogen and oxygen atoms in total. The molecule has 0 spiro atoms. The first-order valence-corrected chi connectivity index (χ1v) is 13.7. The number of pyridine rings is 1. The first-order valence-electron chi connectivity index (χ1n) is 13.7. The molecule has 0 saturated heterocycles. The first kappa shape index (κ1) is 29.6. The highest BCUT2D eigenvalue weighted by molar-refractivity contribution is 5.86. The molecule has 0 radical (unpaired) electrons. The van der Waals surface area contributed by atoms with Gasteiger partial charge in [-0.1, -0.05) is 66.7 Å². The van der Waals surface area contributed by atoms with Crippen LogP contribution in [0.2, 0.25) is 0 Å². The summed E-state index contributed by atoms with van der Waals surface area (Å²) in [5.41, 5.74) is 5.60. The van der Waals surface area contributed by atoms with Gasteiger partial charge in [-0.15, -0.1) is 0 Å². The number of carbonyl (C=O) groups is 1. The molecule has 4 rings (SSSR count). The molecule has 0 bridgehead atoms. The molecule has 0 saturated carbocycles. The topological polar surface area (TPSA) is 69.6 Å². The lowest BCUT2D eigenvalue weighted by molar-refractivity contribution is 0.0635. The van der Waals surface area contributed by atoms with Crippen LogP contribution < -0.4 is 15.6 Å². The third kappa shape index (κ3) is 7.23. The fraction of sp³-hybridized carbons (Fsp3) is 0.294. The first-order chi connectivity index (χ1) is 19.6. The number of halogens is 1. The van der Waals surface area contributed by atoms with E-state index in [0.29, 0.717) is 42.0 Å². The van der Waals surface area contributed by atoms with Crippen molar-refractivity contribution < 1.29 is 18.7 Å². The fourth-order valence-electron chi connectivity index (χ4n) is 5.04. The number of hydrogen-bond donors (Lipinski definition) is 1. The molecule has 0 unspecified atom stereocenters. The number of carbonyl (C=O) groups excluding carboxylic acids is 1. The molecule has 0 aliphatic rings.